The first kappa shape index (κ1) is 14.2. The van der Waals surface area contributed by atoms with Gasteiger partial charge in [0.2, 0.25) is 5.91 Å². The zero-order chi connectivity index (χ0) is 14.7. The van der Waals surface area contributed by atoms with Crippen molar-refractivity contribution in [1.82, 2.24) is 0 Å². The number of hydrogen-bond acceptors (Lipinski definition) is 3. The number of carbonyl (C=O) groups excluding carboxylic acids is 1. The van der Waals surface area contributed by atoms with E-state index in [1.54, 1.807) is 42.5 Å². The van der Waals surface area contributed by atoms with Crippen LogP contribution in [0.15, 0.2) is 47.4 Å². The van der Waals surface area contributed by atoms with Crippen molar-refractivity contribution >= 4 is 17.0 Å². The summed E-state index contributed by atoms with van der Waals surface area (Å²) in [5.41, 5.74) is 7.05. The second kappa shape index (κ2) is 5.85. The fourth-order valence-corrected chi connectivity index (χ4v) is 2.40. The molecule has 1 unspecified atom stereocenters. The van der Waals surface area contributed by atoms with Crippen LogP contribution in [0.5, 0.6) is 5.75 Å². The van der Waals surface area contributed by atoms with Crippen LogP contribution in [0.2, 0.25) is 0 Å². The number of benzene rings is 2. The van der Waals surface area contributed by atoms with Crippen LogP contribution in [0, 0.1) is 0 Å². The molecule has 0 saturated carbocycles. The number of ether oxygens (including phenoxy) is 1. The molecule has 1 amide bonds. The molecule has 1 atom stereocenters. The Labute approximate surface area is 118 Å². The number of amides is 1. The van der Waals surface area contributed by atoms with Gasteiger partial charge >= 0.3 is 0 Å². The summed E-state index contributed by atoms with van der Waals surface area (Å²) in [4.78, 5) is 11.3. The molecule has 2 aromatic rings. The summed E-state index contributed by atoms with van der Waals surface area (Å²) >= 11 is -2.16. The average molecular weight is 291 g/mol. The summed E-state index contributed by atoms with van der Waals surface area (Å²) < 4.78 is 25.6. The molecule has 104 valence electrons. The highest BCUT2D eigenvalue weighted by molar-refractivity contribution is 7.79. The lowest BCUT2D eigenvalue weighted by atomic mass is 10.0. The lowest BCUT2D eigenvalue weighted by Crippen LogP contribution is -2.10. The average Bonchev–Trinajstić information content (AvgIpc) is 2.46. The molecule has 20 heavy (non-hydrogen) atoms. The Morgan fingerprint density at radius 1 is 1.20 bits per heavy atom. The summed E-state index contributed by atoms with van der Waals surface area (Å²) in [7, 11) is 1.43. The van der Waals surface area contributed by atoms with E-state index in [2.05, 4.69) is 0 Å². The molecule has 0 saturated heterocycles. The highest BCUT2D eigenvalue weighted by Gasteiger charge is 2.11. The highest BCUT2D eigenvalue weighted by Crippen LogP contribution is 2.28. The maximum atomic E-state index is 11.3. The number of nitrogens with two attached hydrogens (primary N) is 1. The Morgan fingerprint density at radius 2 is 1.90 bits per heavy atom. The molecular weight excluding hydrogens is 278 g/mol. The molecule has 0 heterocycles. The van der Waals surface area contributed by atoms with E-state index < -0.39 is 17.0 Å². The van der Waals surface area contributed by atoms with Crippen molar-refractivity contribution in [1.29, 1.82) is 0 Å². The Morgan fingerprint density at radius 3 is 2.50 bits per heavy atom. The van der Waals surface area contributed by atoms with E-state index >= 15 is 0 Å². The molecule has 0 aromatic heterocycles. The van der Waals surface area contributed by atoms with Gasteiger partial charge in [0.25, 0.3) is 0 Å². The SMILES string of the molecule is COc1ccc(-c2cccc(C(N)=O)c2)cc1S(=O)O. The summed E-state index contributed by atoms with van der Waals surface area (Å²) in [6, 6.07) is 11.6. The summed E-state index contributed by atoms with van der Waals surface area (Å²) in [6.45, 7) is 0. The van der Waals surface area contributed by atoms with Gasteiger partial charge < -0.3 is 15.0 Å². The Kier molecular flexibility index (Phi) is 4.16. The van der Waals surface area contributed by atoms with Crippen LogP contribution in [-0.2, 0) is 11.1 Å². The van der Waals surface area contributed by atoms with Gasteiger partial charge in [-0.1, -0.05) is 18.2 Å². The minimum atomic E-state index is -2.16. The van der Waals surface area contributed by atoms with Gasteiger partial charge in [-0.15, -0.1) is 0 Å². The van der Waals surface area contributed by atoms with Crippen molar-refractivity contribution < 1.29 is 18.3 Å². The van der Waals surface area contributed by atoms with Crippen molar-refractivity contribution in [2.75, 3.05) is 7.11 Å². The lowest BCUT2D eigenvalue weighted by molar-refractivity contribution is 0.100. The van der Waals surface area contributed by atoms with Crippen LogP contribution in [0.4, 0.5) is 0 Å². The molecule has 2 rings (SSSR count). The first-order valence-corrected chi connectivity index (χ1v) is 6.82. The van der Waals surface area contributed by atoms with Gasteiger partial charge in [-0.2, -0.15) is 0 Å². The zero-order valence-electron chi connectivity index (χ0n) is 10.7. The van der Waals surface area contributed by atoms with Gasteiger partial charge in [0, 0.05) is 5.56 Å². The van der Waals surface area contributed by atoms with Crippen LogP contribution in [0.3, 0.4) is 0 Å². The van der Waals surface area contributed by atoms with Crippen molar-refractivity contribution in [2.45, 2.75) is 4.90 Å². The summed E-state index contributed by atoms with van der Waals surface area (Å²) in [5, 5.41) is 0. The van der Waals surface area contributed by atoms with Gasteiger partial charge in [-0.05, 0) is 35.4 Å². The molecule has 6 heteroatoms. The van der Waals surface area contributed by atoms with Gasteiger partial charge in [-0.3, -0.25) is 4.79 Å². The van der Waals surface area contributed by atoms with Crippen LogP contribution in [0.1, 0.15) is 10.4 Å². The van der Waals surface area contributed by atoms with Crippen LogP contribution in [0.25, 0.3) is 11.1 Å². The third kappa shape index (κ3) is 2.87. The van der Waals surface area contributed by atoms with E-state index in [1.807, 2.05) is 0 Å². The molecule has 0 fully saturated rings. The largest absolute Gasteiger partial charge is 0.495 e. The molecule has 2 aromatic carbocycles. The molecule has 0 radical (unpaired) electrons. The molecular formula is C14H13NO4S. The summed E-state index contributed by atoms with van der Waals surface area (Å²) in [5.74, 6) is -0.188. The lowest BCUT2D eigenvalue weighted by Gasteiger charge is -2.09. The third-order valence-electron chi connectivity index (χ3n) is 2.83. The fourth-order valence-electron chi connectivity index (χ4n) is 1.84. The van der Waals surface area contributed by atoms with E-state index in [0.29, 0.717) is 16.9 Å². The highest BCUT2D eigenvalue weighted by atomic mass is 32.2. The normalized spacial score (nSPS) is 11.9. The van der Waals surface area contributed by atoms with Crippen molar-refractivity contribution in [3.8, 4) is 16.9 Å². The Hall–Kier alpha value is -2.18. The van der Waals surface area contributed by atoms with Crippen LogP contribution in [-0.4, -0.2) is 21.8 Å². The van der Waals surface area contributed by atoms with E-state index in [-0.39, 0.29) is 4.90 Å². The maximum absolute atomic E-state index is 11.3. The molecule has 5 nitrogen and oxygen atoms in total. The minimum absolute atomic E-state index is 0.175. The first-order chi connectivity index (χ1) is 9.52. The molecule has 0 spiro atoms. The molecule has 0 aliphatic carbocycles. The third-order valence-corrected chi connectivity index (χ3v) is 3.53. The number of methoxy groups -OCH3 is 1. The van der Waals surface area contributed by atoms with Gasteiger partial charge in [0.05, 0.1) is 7.11 Å². The van der Waals surface area contributed by atoms with E-state index in [4.69, 9.17) is 10.5 Å². The molecule has 0 aliphatic heterocycles. The maximum Gasteiger partial charge on any atom is 0.248 e. The zero-order valence-corrected chi connectivity index (χ0v) is 11.5. The number of hydrogen-bond donors (Lipinski definition) is 2. The second-order valence-electron chi connectivity index (χ2n) is 4.06. The Bertz CT molecular complexity index is 685. The number of carbonyl (C=O) groups is 1. The number of rotatable bonds is 4. The van der Waals surface area contributed by atoms with E-state index in [0.717, 1.165) is 5.56 Å². The monoisotopic (exact) mass is 291 g/mol. The standard InChI is InChI=1S/C14H13NO4S/c1-19-12-6-5-10(8-13(12)20(17)18)9-3-2-4-11(7-9)14(15)16/h2-8H,1H3,(H2,15,16)(H,17,18). The Balaban J connectivity index is 2.53. The second-order valence-corrected chi connectivity index (χ2v) is 5.00. The van der Waals surface area contributed by atoms with Crippen LogP contribution < -0.4 is 10.5 Å². The van der Waals surface area contributed by atoms with Crippen molar-refractivity contribution in [2.24, 2.45) is 5.73 Å². The predicted molar refractivity (Wildman–Crippen MR) is 76.0 cm³/mol. The molecule has 3 N–H and O–H groups in total. The van der Waals surface area contributed by atoms with Crippen molar-refractivity contribution in [3.05, 3.63) is 48.0 Å². The van der Waals surface area contributed by atoms with Crippen molar-refractivity contribution in [3.63, 3.8) is 0 Å². The fraction of sp³-hybridized carbons (Fsp3) is 0.0714. The molecule has 0 aliphatic rings. The van der Waals surface area contributed by atoms with Gasteiger partial charge in [-0.25, -0.2) is 4.21 Å². The summed E-state index contributed by atoms with van der Waals surface area (Å²) in [6.07, 6.45) is 0. The first-order valence-electron chi connectivity index (χ1n) is 5.72. The van der Waals surface area contributed by atoms with Gasteiger partial charge in [0.15, 0.2) is 11.1 Å². The van der Waals surface area contributed by atoms with Gasteiger partial charge in [0.1, 0.15) is 10.6 Å². The quantitative estimate of drug-likeness (QED) is 0.843. The van der Waals surface area contributed by atoms with E-state index in [9.17, 15) is 13.6 Å². The topological polar surface area (TPSA) is 89.6 Å². The van der Waals surface area contributed by atoms with Crippen LogP contribution >= 0.6 is 0 Å². The predicted octanol–water partition coefficient (Wildman–Crippen LogP) is 2.04. The molecule has 0 bridgehead atoms. The van der Waals surface area contributed by atoms with E-state index in [1.165, 1.54) is 7.11 Å². The number of primary amides is 1. The smallest absolute Gasteiger partial charge is 0.248 e. The minimum Gasteiger partial charge on any atom is -0.495 e.